The molecule has 1 unspecified atom stereocenters. The van der Waals surface area contributed by atoms with Crippen LogP contribution < -0.4 is 10.9 Å². The average Bonchev–Trinajstić information content (AvgIpc) is 2.84. The number of pyridine rings is 1. The van der Waals surface area contributed by atoms with E-state index in [2.05, 4.69) is 35.2 Å². The van der Waals surface area contributed by atoms with Gasteiger partial charge in [-0.2, -0.15) is 0 Å². The molecule has 2 N–H and O–H groups in total. The van der Waals surface area contributed by atoms with Crippen molar-refractivity contribution in [2.24, 2.45) is 0 Å². The molecule has 1 atom stereocenters. The van der Waals surface area contributed by atoms with E-state index in [-0.39, 0.29) is 23.7 Å². The Bertz CT molecular complexity index is 994. The Morgan fingerprint density at radius 2 is 1.94 bits per heavy atom. The van der Waals surface area contributed by atoms with E-state index in [1.807, 2.05) is 4.57 Å². The van der Waals surface area contributed by atoms with Gasteiger partial charge < -0.3 is 24.6 Å². The Kier molecular flexibility index (Phi) is 8.55. The molecule has 8 nitrogen and oxygen atoms in total. The average molecular weight is 472 g/mol. The molecule has 0 bridgehead atoms. The number of hydrogen-bond donors (Lipinski definition) is 2. The summed E-state index contributed by atoms with van der Waals surface area (Å²) < 4.78 is 7.19. The lowest BCUT2D eigenvalue weighted by molar-refractivity contribution is 0.120. The number of nitrogens with zero attached hydrogens (tertiary/aromatic N) is 4. The van der Waals surface area contributed by atoms with Gasteiger partial charge in [-0.15, -0.1) is 0 Å². The maximum Gasteiger partial charge on any atom is 0.261 e. The van der Waals surface area contributed by atoms with Gasteiger partial charge >= 0.3 is 0 Å². The number of methoxy groups -OCH3 is 1. The molecule has 1 aliphatic heterocycles. The van der Waals surface area contributed by atoms with Gasteiger partial charge in [0.2, 0.25) is 5.95 Å². The molecule has 0 aromatic carbocycles. The molecule has 1 saturated heterocycles. The second-order valence-electron chi connectivity index (χ2n) is 10.2. The molecule has 8 heteroatoms. The molecular weight excluding hydrogens is 430 g/mol. The van der Waals surface area contributed by atoms with Crippen LogP contribution in [-0.2, 0) is 4.74 Å². The second-order valence-corrected chi connectivity index (χ2v) is 10.2. The minimum Gasteiger partial charge on any atom is -0.393 e. The number of hydrogen-bond acceptors (Lipinski definition) is 7. The molecule has 2 aromatic rings. The maximum atomic E-state index is 13.6. The predicted molar refractivity (Wildman–Crippen MR) is 136 cm³/mol. The van der Waals surface area contributed by atoms with Crippen molar-refractivity contribution >= 4 is 16.9 Å². The molecule has 2 fully saturated rings. The normalized spacial score (nSPS) is 23.3. The van der Waals surface area contributed by atoms with E-state index in [1.54, 1.807) is 13.3 Å². The summed E-state index contributed by atoms with van der Waals surface area (Å²) in [5.74, 6) is 0.893. The zero-order valence-electron chi connectivity index (χ0n) is 21.0. The second kappa shape index (κ2) is 11.6. The molecule has 4 rings (SSSR count). The number of fused-ring (bicyclic) bond motifs is 1. The lowest BCUT2D eigenvalue weighted by Gasteiger charge is -2.33. The highest BCUT2D eigenvalue weighted by molar-refractivity contribution is 5.81. The minimum absolute atomic E-state index is 0.0121. The van der Waals surface area contributed by atoms with Crippen molar-refractivity contribution < 1.29 is 9.84 Å². The summed E-state index contributed by atoms with van der Waals surface area (Å²) >= 11 is 0. The molecule has 0 radical (unpaired) electrons. The molecule has 1 aliphatic carbocycles. The maximum absolute atomic E-state index is 13.6. The van der Waals surface area contributed by atoms with Crippen molar-refractivity contribution in [2.45, 2.75) is 89.3 Å². The summed E-state index contributed by atoms with van der Waals surface area (Å²) in [4.78, 5) is 25.4. The van der Waals surface area contributed by atoms with Crippen LogP contribution in [0.3, 0.4) is 0 Å². The fraction of sp³-hybridized carbons (Fsp3) is 0.731. The van der Waals surface area contributed by atoms with Crippen LogP contribution in [-0.4, -0.2) is 70.0 Å². The number of likely N-dealkylation sites (tertiary alicyclic amines) is 1. The van der Waals surface area contributed by atoms with Crippen LogP contribution >= 0.6 is 0 Å². The topological polar surface area (TPSA) is 92.5 Å². The van der Waals surface area contributed by atoms with E-state index >= 15 is 0 Å². The number of aliphatic hydroxyl groups is 1. The van der Waals surface area contributed by atoms with Crippen LogP contribution in [0.2, 0.25) is 0 Å². The first kappa shape index (κ1) is 25.1. The van der Waals surface area contributed by atoms with Crippen LogP contribution in [0.4, 0.5) is 5.95 Å². The first-order valence-corrected chi connectivity index (χ1v) is 13.1. The minimum atomic E-state index is -0.216. The van der Waals surface area contributed by atoms with E-state index in [1.165, 1.54) is 0 Å². The van der Waals surface area contributed by atoms with Crippen LogP contribution in [0.15, 0.2) is 17.2 Å². The molecule has 0 spiro atoms. The fourth-order valence-electron chi connectivity index (χ4n) is 5.56. The summed E-state index contributed by atoms with van der Waals surface area (Å²) in [5.41, 5.74) is 1.93. The molecule has 188 valence electrons. The largest absolute Gasteiger partial charge is 0.393 e. The number of rotatable bonds is 9. The van der Waals surface area contributed by atoms with E-state index < -0.39 is 0 Å². The summed E-state index contributed by atoms with van der Waals surface area (Å²) in [5, 5.41) is 14.1. The number of nitrogens with one attached hydrogen (secondary N) is 1. The highest BCUT2D eigenvalue weighted by Gasteiger charge is 2.27. The Hall–Kier alpha value is -2.03. The SMILES string of the molecule is CCCC(C)Nc1ncc2c(=O)n(C3CCN(CCOC)CC3)cc(C3CCC(O)CC3)c2n1. The number of piperidine rings is 1. The third-order valence-electron chi connectivity index (χ3n) is 7.60. The van der Waals surface area contributed by atoms with Gasteiger partial charge in [0.15, 0.2) is 0 Å². The van der Waals surface area contributed by atoms with Gasteiger partial charge in [0.25, 0.3) is 5.56 Å². The van der Waals surface area contributed by atoms with Gasteiger partial charge in [-0.05, 0) is 63.4 Å². The van der Waals surface area contributed by atoms with Crippen molar-refractivity contribution in [1.29, 1.82) is 0 Å². The lowest BCUT2D eigenvalue weighted by Crippen LogP contribution is -2.39. The third kappa shape index (κ3) is 5.78. The van der Waals surface area contributed by atoms with Gasteiger partial charge in [0.05, 0.1) is 23.6 Å². The summed E-state index contributed by atoms with van der Waals surface area (Å²) in [6.45, 7) is 7.92. The number of ether oxygens (including phenoxy) is 1. The van der Waals surface area contributed by atoms with Crippen LogP contribution in [0.5, 0.6) is 0 Å². The fourth-order valence-corrected chi connectivity index (χ4v) is 5.56. The standard InChI is InChI=1S/C26H41N5O3/c1-4-5-18(2)28-26-27-16-22-24(29-26)23(19-6-8-21(32)9-7-19)17-31(25(22)33)20-10-12-30(13-11-20)14-15-34-3/h16-21,32H,4-15H2,1-3H3,(H,27,28,29). The van der Waals surface area contributed by atoms with Crippen molar-refractivity contribution in [2.75, 3.05) is 38.7 Å². The van der Waals surface area contributed by atoms with Crippen molar-refractivity contribution in [3.63, 3.8) is 0 Å². The summed E-state index contributed by atoms with van der Waals surface area (Å²) in [6.07, 6.45) is 11.1. The predicted octanol–water partition coefficient (Wildman–Crippen LogP) is 3.69. The van der Waals surface area contributed by atoms with Crippen LogP contribution in [0.1, 0.15) is 82.7 Å². The van der Waals surface area contributed by atoms with E-state index in [9.17, 15) is 9.90 Å². The molecule has 3 heterocycles. The smallest absolute Gasteiger partial charge is 0.261 e. The highest BCUT2D eigenvalue weighted by atomic mass is 16.5. The molecule has 2 aromatic heterocycles. The van der Waals surface area contributed by atoms with Crippen LogP contribution in [0.25, 0.3) is 10.9 Å². The lowest BCUT2D eigenvalue weighted by atomic mass is 9.82. The first-order chi connectivity index (χ1) is 16.5. The van der Waals surface area contributed by atoms with Gasteiger partial charge in [0, 0.05) is 51.2 Å². The van der Waals surface area contributed by atoms with E-state index in [0.29, 0.717) is 17.3 Å². The van der Waals surface area contributed by atoms with Gasteiger partial charge in [0.1, 0.15) is 0 Å². The Morgan fingerprint density at radius 3 is 2.62 bits per heavy atom. The van der Waals surface area contributed by atoms with Gasteiger partial charge in [-0.25, -0.2) is 9.97 Å². The molecule has 2 aliphatic rings. The van der Waals surface area contributed by atoms with Crippen molar-refractivity contribution in [3.05, 3.63) is 28.3 Å². The van der Waals surface area contributed by atoms with E-state index in [0.717, 1.165) is 88.7 Å². The molecule has 1 saturated carbocycles. The summed E-state index contributed by atoms with van der Waals surface area (Å²) in [7, 11) is 1.74. The number of aromatic nitrogens is 3. The highest BCUT2D eigenvalue weighted by Crippen LogP contribution is 2.36. The Balaban J connectivity index is 1.67. The Labute approximate surface area is 202 Å². The number of aliphatic hydroxyl groups excluding tert-OH is 1. The monoisotopic (exact) mass is 471 g/mol. The first-order valence-electron chi connectivity index (χ1n) is 13.1. The Morgan fingerprint density at radius 1 is 1.21 bits per heavy atom. The number of anilines is 1. The van der Waals surface area contributed by atoms with E-state index in [4.69, 9.17) is 9.72 Å². The van der Waals surface area contributed by atoms with Crippen LogP contribution in [0, 0.1) is 0 Å². The molecule has 0 amide bonds. The molecule has 34 heavy (non-hydrogen) atoms. The quantitative estimate of drug-likeness (QED) is 0.576. The van der Waals surface area contributed by atoms with Gasteiger partial charge in [-0.3, -0.25) is 4.79 Å². The zero-order valence-corrected chi connectivity index (χ0v) is 21.0. The summed E-state index contributed by atoms with van der Waals surface area (Å²) in [6, 6.07) is 0.463. The van der Waals surface area contributed by atoms with Crippen molar-refractivity contribution in [3.8, 4) is 0 Å². The van der Waals surface area contributed by atoms with Gasteiger partial charge in [-0.1, -0.05) is 13.3 Å². The zero-order chi connectivity index (χ0) is 24.1. The van der Waals surface area contributed by atoms with Crippen molar-refractivity contribution in [1.82, 2.24) is 19.4 Å². The molecular formula is C26H41N5O3. The third-order valence-corrected chi connectivity index (χ3v) is 7.60.